The van der Waals surface area contributed by atoms with E-state index in [1.54, 1.807) is 6.92 Å². The number of likely N-dealkylation sites (N-methyl/N-ethyl adjacent to an activating group) is 1. The highest BCUT2D eigenvalue weighted by atomic mass is 16.3. The molecule has 4 fully saturated rings. The van der Waals surface area contributed by atoms with E-state index in [1.807, 2.05) is 7.05 Å². The second-order valence-corrected chi connectivity index (χ2v) is 6.88. The summed E-state index contributed by atoms with van der Waals surface area (Å²) in [5.41, 5.74) is -0.423. The molecule has 4 bridgehead atoms. The molecule has 3 nitrogen and oxygen atoms in total. The Morgan fingerprint density at radius 2 is 1.88 bits per heavy atom. The Kier molecular flexibility index (Phi) is 2.43. The molecule has 0 radical (unpaired) electrons. The smallest absolute Gasteiger partial charge is 0.147 e. The number of Topliss-reactive ketones (excluding diaryl/α,β-unsaturated/α-hetero) is 1. The van der Waals surface area contributed by atoms with Crippen LogP contribution in [0.1, 0.15) is 45.4 Å². The Morgan fingerprint density at radius 3 is 2.29 bits per heavy atom. The van der Waals surface area contributed by atoms with Crippen LogP contribution in [0.5, 0.6) is 0 Å². The first-order valence-electron chi connectivity index (χ1n) is 6.86. The molecule has 96 valence electrons. The Labute approximate surface area is 103 Å². The van der Waals surface area contributed by atoms with Crippen LogP contribution < -0.4 is 5.32 Å². The predicted molar refractivity (Wildman–Crippen MR) is 65.6 cm³/mol. The van der Waals surface area contributed by atoms with E-state index in [0.29, 0.717) is 11.8 Å². The molecule has 4 aliphatic carbocycles. The summed E-state index contributed by atoms with van der Waals surface area (Å²) >= 11 is 0. The zero-order chi connectivity index (χ0) is 12.3. The van der Waals surface area contributed by atoms with E-state index in [2.05, 4.69) is 5.32 Å². The molecule has 3 heteroatoms. The van der Waals surface area contributed by atoms with Gasteiger partial charge in [0.05, 0.1) is 11.6 Å². The summed E-state index contributed by atoms with van der Waals surface area (Å²) in [7, 11) is 1.88. The lowest BCUT2D eigenvalue weighted by Gasteiger charge is -2.62. The van der Waals surface area contributed by atoms with Gasteiger partial charge in [0.2, 0.25) is 0 Å². The quantitative estimate of drug-likeness (QED) is 0.782. The van der Waals surface area contributed by atoms with Gasteiger partial charge in [-0.15, -0.1) is 0 Å². The normalized spacial score (nSPS) is 49.4. The number of nitrogens with one attached hydrogen (secondary N) is 1. The monoisotopic (exact) mass is 237 g/mol. The van der Waals surface area contributed by atoms with Crippen molar-refractivity contribution in [2.75, 3.05) is 7.05 Å². The first-order valence-corrected chi connectivity index (χ1v) is 6.86. The zero-order valence-corrected chi connectivity index (χ0v) is 10.8. The van der Waals surface area contributed by atoms with Crippen LogP contribution in [0, 0.1) is 17.3 Å². The SMILES string of the molecule is CN[C@H](C(C)=O)C12CC3CC(CC(O)(C3)C1)C2. The van der Waals surface area contributed by atoms with E-state index in [1.165, 1.54) is 6.42 Å². The summed E-state index contributed by atoms with van der Waals surface area (Å²) in [6.07, 6.45) is 6.32. The van der Waals surface area contributed by atoms with Crippen LogP contribution in [0.4, 0.5) is 0 Å². The highest BCUT2D eigenvalue weighted by Crippen LogP contribution is 2.62. The minimum absolute atomic E-state index is 0.0411. The molecule has 17 heavy (non-hydrogen) atoms. The van der Waals surface area contributed by atoms with Gasteiger partial charge in [-0.25, -0.2) is 0 Å². The van der Waals surface area contributed by atoms with Crippen molar-refractivity contribution < 1.29 is 9.90 Å². The molecule has 0 aromatic rings. The van der Waals surface area contributed by atoms with Gasteiger partial charge in [0, 0.05) is 0 Å². The average molecular weight is 237 g/mol. The van der Waals surface area contributed by atoms with Crippen molar-refractivity contribution in [2.24, 2.45) is 17.3 Å². The van der Waals surface area contributed by atoms with Gasteiger partial charge >= 0.3 is 0 Å². The molecule has 2 N–H and O–H groups in total. The summed E-state index contributed by atoms with van der Waals surface area (Å²) in [5, 5.41) is 13.9. The molecular formula is C14H23NO2. The van der Waals surface area contributed by atoms with E-state index < -0.39 is 5.60 Å². The minimum atomic E-state index is -0.464. The lowest BCUT2D eigenvalue weighted by atomic mass is 9.46. The zero-order valence-electron chi connectivity index (χ0n) is 10.8. The first-order chi connectivity index (χ1) is 7.96. The highest BCUT2D eigenvalue weighted by Gasteiger charge is 2.60. The molecule has 0 spiro atoms. The Morgan fingerprint density at radius 1 is 1.29 bits per heavy atom. The van der Waals surface area contributed by atoms with E-state index in [4.69, 9.17) is 0 Å². The van der Waals surface area contributed by atoms with Gasteiger partial charge in [-0.2, -0.15) is 0 Å². The summed E-state index contributed by atoms with van der Waals surface area (Å²) in [6, 6.07) is -0.0556. The Bertz CT molecular complexity index is 338. The third kappa shape index (κ3) is 1.66. The van der Waals surface area contributed by atoms with Crippen molar-refractivity contribution >= 4 is 5.78 Å². The van der Waals surface area contributed by atoms with Gasteiger partial charge in [-0.1, -0.05) is 0 Å². The molecule has 2 unspecified atom stereocenters. The van der Waals surface area contributed by atoms with Gasteiger partial charge in [-0.3, -0.25) is 4.79 Å². The molecule has 4 saturated carbocycles. The van der Waals surface area contributed by atoms with E-state index in [0.717, 1.165) is 32.1 Å². The molecule has 0 aromatic carbocycles. The maximum atomic E-state index is 11.9. The molecule has 0 saturated heterocycles. The number of hydrogen-bond donors (Lipinski definition) is 2. The molecule has 4 aliphatic rings. The van der Waals surface area contributed by atoms with Crippen molar-refractivity contribution in [1.82, 2.24) is 5.32 Å². The fourth-order valence-electron chi connectivity index (χ4n) is 5.56. The van der Waals surface area contributed by atoms with Crippen LogP contribution in [0.25, 0.3) is 0 Å². The summed E-state index contributed by atoms with van der Waals surface area (Å²) < 4.78 is 0. The van der Waals surface area contributed by atoms with Crippen LogP contribution in [0.2, 0.25) is 0 Å². The molecule has 4 rings (SSSR count). The number of aliphatic hydroxyl groups is 1. The van der Waals surface area contributed by atoms with E-state index in [9.17, 15) is 9.90 Å². The third-order valence-corrected chi connectivity index (χ3v) is 5.38. The van der Waals surface area contributed by atoms with Gasteiger partial charge < -0.3 is 10.4 Å². The largest absolute Gasteiger partial charge is 0.390 e. The topological polar surface area (TPSA) is 49.3 Å². The minimum Gasteiger partial charge on any atom is -0.390 e. The average Bonchev–Trinajstić information content (AvgIpc) is 2.12. The fourth-order valence-corrected chi connectivity index (χ4v) is 5.56. The molecule has 0 aromatic heterocycles. The molecule has 0 heterocycles. The summed E-state index contributed by atoms with van der Waals surface area (Å²) in [6.45, 7) is 1.68. The third-order valence-electron chi connectivity index (χ3n) is 5.38. The van der Waals surface area contributed by atoms with Crippen molar-refractivity contribution in [2.45, 2.75) is 57.1 Å². The maximum Gasteiger partial charge on any atom is 0.147 e. The van der Waals surface area contributed by atoms with Crippen LogP contribution in [-0.4, -0.2) is 29.6 Å². The lowest BCUT2D eigenvalue weighted by Crippen LogP contribution is -2.63. The van der Waals surface area contributed by atoms with Gasteiger partial charge in [-0.05, 0) is 69.7 Å². The molecule has 0 amide bonds. The van der Waals surface area contributed by atoms with Crippen molar-refractivity contribution in [3.63, 3.8) is 0 Å². The second kappa shape index (κ2) is 3.55. The molecule has 0 aliphatic heterocycles. The molecule has 3 atom stereocenters. The van der Waals surface area contributed by atoms with Gasteiger partial charge in [0.1, 0.15) is 5.78 Å². The van der Waals surface area contributed by atoms with Crippen LogP contribution in [-0.2, 0) is 4.79 Å². The van der Waals surface area contributed by atoms with Crippen LogP contribution in [0.3, 0.4) is 0 Å². The van der Waals surface area contributed by atoms with Gasteiger partial charge in [0.15, 0.2) is 0 Å². The van der Waals surface area contributed by atoms with Crippen LogP contribution >= 0.6 is 0 Å². The number of rotatable bonds is 3. The predicted octanol–water partition coefficient (Wildman–Crippen LogP) is 1.49. The van der Waals surface area contributed by atoms with Crippen molar-refractivity contribution in [3.8, 4) is 0 Å². The van der Waals surface area contributed by atoms with Crippen LogP contribution in [0.15, 0.2) is 0 Å². The summed E-state index contributed by atoms with van der Waals surface area (Å²) in [5.74, 6) is 1.53. The fraction of sp³-hybridized carbons (Fsp3) is 0.929. The molecular weight excluding hydrogens is 214 g/mol. The van der Waals surface area contributed by atoms with Crippen molar-refractivity contribution in [1.29, 1.82) is 0 Å². The standard InChI is InChI=1S/C14H23NO2/c1-9(16)12(15-2)13-4-10-3-11(5-13)7-14(17,6-10)8-13/h10-12,15,17H,3-8H2,1-2H3/t10?,11?,12-,13?,14?/m1/s1. The maximum absolute atomic E-state index is 11.9. The Balaban J connectivity index is 1.95. The number of carbonyl (C=O) groups is 1. The second-order valence-electron chi connectivity index (χ2n) is 6.88. The summed E-state index contributed by atoms with van der Waals surface area (Å²) in [4.78, 5) is 11.9. The number of hydrogen-bond acceptors (Lipinski definition) is 3. The highest BCUT2D eigenvalue weighted by molar-refractivity contribution is 5.82. The lowest BCUT2D eigenvalue weighted by molar-refractivity contribution is -0.175. The Hall–Kier alpha value is -0.410. The number of ketones is 1. The van der Waals surface area contributed by atoms with E-state index >= 15 is 0 Å². The van der Waals surface area contributed by atoms with Crippen molar-refractivity contribution in [3.05, 3.63) is 0 Å². The van der Waals surface area contributed by atoms with Gasteiger partial charge in [0.25, 0.3) is 0 Å². The van der Waals surface area contributed by atoms with E-state index in [-0.39, 0.29) is 17.2 Å². The first kappa shape index (κ1) is 11.7. The number of carbonyl (C=O) groups excluding carboxylic acids is 1.